The molecule has 21 heavy (non-hydrogen) atoms. The van der Waals surface area contributed by atoms with Crippen molar-refractivity contribution in [1.29, 1.82) is 0 Å². The predicted octanol–water partition coefficient (Wildman–Crippen LogP) is 3.26. The zero-order chi connectivity index (χ0) is 15.6. The van der Waals surface area contributed by atoms with E-state index in [9.17, 15) is 13.9 Å². The molecule has 1 N–H and O–H groups in total. The highest BCUT2D eigenvalue weighted by Crippen LogP contribution is 2.31. The number of aryl methyl sites for hydroxylation is 2. The lowest BCUT2D eigenvalue weighted by molar-refractivity contribution is -0.0515. The Labute approximate surface area is 125 Å². The fourth-order valence-electron chi connectivity index (χ4n) is 2.17. The van der Waals surface area contributed by atoms with Crippen LogP contribution in [-0.2, 0) is 13.5 Å². The maximum absolute atomic E-state index is 12.4. The zero-order valence-electron chi connectivity index (χ0n) is 11.6. The molecule has 1 aromatic carbocycles. The summed E-state index contributed by atoms with van der Waals surface area (Å²) in [5.74, 6) is -0.0438. The number of nitrogens with zero attached hydrogens (tertiary/aromatic N) is 2. The summed E-state index contributed by atoms with van der Waals surface area (Å²) in [6.07, 6.45) is -0.845. The highest BCUT2D eigenvalue weighted by atomic mass is 35.5. The maximum Gasteiger partial charge on any atom is 0.387 e. The standard InChI is InChI=1S/C14H15ClF2N2O2/c1-8-10(13(15)19(2)18-8)7-11(20)9-5-3-4-6-12(9)21-14(16)17/h3-6,11,14,20H,7H2,1-2H3. The first kappa shape index (κ1) is 15.7. The van der Waals surface area contributed by atoms with Gasteiger partial charge in [0.05, 0.1) is 11.8 Å². The Hall–Kier alpha value is -1.66. The Morgan fingerprint density at radius 3 is 2.62 bits per heavy atom. The van der Waals surface area contributed by atoms with Crippen molar-refractivity contribution >= 4 is 11.6 Å². The van der Waals surface area contributed by atoms with Crippen LogP contribution in [0.4, 0.5) is 8.78 Å². The summed E-state index contributed by atoms with van der Waals surface area (Å²) < 4.78 is 30.7. The van der Waals surface area contributed by atoms with Gasteiger partial charge < -0.3 is 9.84 Å². The molecule has 0 fully saturated rings. The fraction of sp³-hybridized carbons (Fsp3) is 0.357. The van der Waals surface area contributed by atoms with Gasteiger partial charge in [-0.3, -0.25) is 4.68 Å². The highest BCUT2D eigenvalue weighted by Gasteiger charge is 2.20. The molecule has 1 aromatic heterocycles. The molecule has 0 aliphatic carbocycles. The van der Waals surface area contributed by atoms with E-state index in [1.54, 1.807) is 32.2 Å². The van der Waals surface area contributed by atoms with Crippen LogP contribution >= 0.6 is 11.6 Å². The second-order valence-electron chi connectivity index (χ2n) is 4.61. The SMILES string of the molecule is Cc1nn(C)c(Cl)c1CC(O)c1ccccc1OC(F)F. The Morgan fingerprint density at radius 2 is 2.05 bits per heavy atom. The van der Waals surface area contributed by atoms with Crippen molar-refractivity contribution in [2.24, 2.45) is 7.05 Å². The molecule has 0 spiro atoms. The van der Waals surface area contributed by atoms with E-state index in [2.05, 4.69) is 9.84 Å². The summed E-state index contributed by atoms with van der Waals surface area (Å²) in [5, 5.41) is 14.9. The molecule has 114 valence electrons. The van der Waals surface area contributed by atoms with Crippen molar-refractivity contribution in [3.63, 3.8) is 0 Å². The number of benzene rings is 1. The molecule has 2 rings (SSSR count). The Morgan fingerprint density at radius 1 is 1.38 bits per heavy atom. The summed E-state index contributed by atoms with van der Waals surface area (Å²) >= 11 is 6.11. The molecular formula is C14H15ClF2N2O2. The van der Waals surface area contributed by atoms with Gasteiger partial charge in [-0.15, -0.1) is 0 Å². The number of hydrogen-bond acceptors (Lipinski definition) is 3. The topological polar surface area (TPSA) is 47.3 Å². The van der Waals surface area contributed by atoms with Crippen LogP contribution in [0.3, 0.4) is 0 Å². The third kappa shape index (κ3) is 3.51. The normalized spacial score (nSPS) is 12.7. The van der Waals surface area contributed by atoms with Crippen molar-refractivity contribution in [2.75, 3.05) is 0 Å². The third-order valence-electron chi connectivity index (χ3n) is 3.16. The van der Waals surface area contributed by atoms with Crippen LogP contribution in [0.15, 0.2) is 24.3 Å². The number of hydrogen-bond donors (Lipinski definition) is 1. The van der Waals surface area contributed by atoms with Gasteiger partial charge in [0.15, 0.2) is 0 Å². The second-order valence-corrected chi connectivity index (χ2v) is 4.97. The van der Waals surface area contributed by atoms with Gasteiger partial charge in [0.25, 0.3) is 0 Å². The van der Waals surface area contributed by atoms with E-state index in [1.807, 2.05) is 0 Å². The molecule has 0 bridgehead atoms. The summed E-state index contributed by atoms with van der Waals surface area (Å²) in [6, 6.07) is 6.15. The molecule has 1 unspecified atom stereocenters. The summed E-state index contributed by atoms with van der Waals surface area (Å²) in [6.45, 7) is -1.17. The first-order chi connectivity index (χ1) is 9.90. The van der Waals surface area contributed by atoms with Crippen LogP contribution < -0.4 is 4.74 Å². The van der Waals surface area contributed by atoms with Crippen LogP contribution in [0, 0.1) is 6.92 Å². The minimum Gasteiger partial charge on any atom is -0.434 e. The van der Waals surface area contributed by atoms with Crippen molar-refractivity contribution in [3.05, 3.63) is 46.2 Å². The van der Waals surface area contributed by atoms with Crippen molar-refractivity contribution < 1.29 is 18.6 Å². The lowest BCUT2D eigenvalue weighted by Crippen LogP contribution is -2.09. The van der Waals surface area contributed by atoms with Gasteiger partial charge in [-0.25, -0.2) is 0 Å². The first-order valence-electron chi connectivity index (χ1n) is 6.30. The van der Waals surface area contributed by atoms with Gasteiger partial charge in [0, 0.05) is 24.6 Å². The predicted molar refractivity (Wildman–Crippen MR) is 74.7 cm³/mol. The smallest absolute Gasteiger partial charge is 0.387 e. The van der Waals surface area contributed by atoms with Gasteiger partial charge in [0.1, 0.15) is 10.9 Å². The van der Waals surface area contributed by atoms with E-state index in [-0.39, 0.29) is 17.7 Å². The number of halogens is 3. The number of alkyl halides is 2. The maximum atomic E-state index is 12.4. The Kier molecular flexibility index (Phi) is 4.80. The van der Waals surface area contributed by atoms with Gasteiger partial charge in [-0.2, -0.15) is 13.9 Å². The lowest BCUT2D eigenvalue weighted by atomic mass is 10.0. The van der Waals surface area contributed by atoms with Gasteiger partial charge in [-0.1, -0.05) is 29.8 Å². The molecule has 0 radical (unpaired) electrons. The lowest BCUT2D eigenvalue weighted by Gasteiger charge is -2.15. The molecule has 7 heteroatoms. The molecule has 0 saturated carbocycles. The van der Waals surface area contributed by atoms with E-state index in [4.69, 9.17) is 11.6 Å². The van der Waals surface area contributed by atoms with Gasteiger partial charge in [0.2, 0.25) is 0 Å². The second kappa shape index (κ2) is 6.41. The van der Waals surface area contributed by atoms with E-state index in [0.29, 0.717) is 16.4 Å². The minimum absolute atomic E-state index is 0.0438. The van der Waals surface area contributed by atoms with E-state index < -0.39 is 12.7 Å². The average Bonchev–Trinajstić information content (AvgIpc) is 2.65. The average molecular weight is 317 g/mol. The largest absolute Gasteiger partial charge is 0.434 e. The van der Waals surface area contributed by atoms with Gasteiger partial charge >= 0.3 is 6.61 Å². The molecular weight excluding hydrogens is 302 g/mol. The Bertz CT molecular complexity index is 631. The van der Waals surface area contributed by atoms with Crippen LogP contribution in [0.5, 0.6) is 5.75 Å². The minimum atomic E-state index is -2.94. The fourth-order valence-corrected chi connectivity index (χ4v) is 2.42. The number of aromatic nitrogens is 2. The summed E-state index contributed by atoms with van der Waals surface area (Å²) in [5.41, 5.74) is 1.66. The molecule has 1 atom stereocenters. The van der Waals surface area contributed by atoms with E-state index in [1.165, 1.54) is 10.7 Å². The molecule has 0 amide bonds. The quantitative estimate of drug-likeness (QED) is 0.921. The highest BCUT2D eigenvalue weighted by molar-refractivity contribution is 6.30. The first-order valence-corrected chi connectivity index (χ1v) is 6.67. The third-order valence-corrected chi connectivity index (χ3v) is 3.63. The van der Waals surface area contributed by atoms with Crippen molar-refractivity contribution in [1.82, 2.24) is 9.78 Å². The summed E-state index contributed by atoms with van der Waals surface area (Å²) in [4.78, 5) is 0. The van der Waals surface area contributed by atoms with E-state index in [0.717, 1.165) is 0 Å². The van der Waals surface area contributed by atoms with E-state index >= 15 is 0 Å². The molecule has 1 heterocycles. The van der Waals surface area contributed by atoms with Crippen LogP contribution in [0.25, 0.3) is 0 Å². The zero-order valence-corrected chi connectivity index (χ0v) is 12.3. The number of para-hydroxylation sites is 1. The van der Waals surface area contributed by atoms with Crippen molar-refractivity contribution in [2.45, 2.75) is 26.1 Å². The molecule has 0 saturated heterocycles. The molecule has 2 aromatic rings. The van der Waals surface area contributed by atoms with Crippen LogP contribution in [-0.4, -0.2) is 21.5 Å². The number of aliphatic hydroxyl groups is 1. The summed E-state index contributed by atoms with van der Waals surface area (Å²) in [7, 11) is 1.69. The number of aliphatic hydroxyl groups excluding tert-OH is 1. The molecule has 4 nitrogen and oxygen atoms in total. The Balaban J connectivity index is 2.26. The molecule has 0 aliphatic heterocycles. The van der Waals surface area contributed by atoms with Crippen molar-refractivity contribution in [3.8, 4) is 5.75 Å². The van der Waals surface area contributed by atoms with Crippen LogP contribution in [0.1, 0.15) is 22.9 Å². The van der Waals surface area contributed by atoms with Gasteiger partial charge in [-0.05, 0) is 13.0 Å². The molecule has 0 aliphatic rings. The number of ether oxygens (including phenoxy) is 1. The number of rotatable bonds is 5. The van der Waals surface area contributed by atoms with Crippen LogP contribution in [0.2, 0.25) is 5.15 Å². The monoisotopic (exact) mass is 316 g/mol.